The van der Waals surface area contributed by atoms with Gasteiger partial charge in [0.15, 0.2) is 5.75 Å². The van der Waals surface area contributed by atoms with Gasteiger partial charge in [0.2, 0.25) is 5.91 Å². The molecule has 0 aromatic heterocycles. The summed E-state index contributed by atoms with van der Waals surface area (Å²) in [6.07, 6.45) is 0. The van der Waals surface area contributed by atoms with Crippen LogP contribution >= 0.6 is 0 Å². The molecule has 0 atom stereocenters. The van der Waals surface area contributed by atoms with E-state index in [9.17, 15) is 9.59 Å². The Labute approximate surface area is 111 Å². The largest absolute Gasteiger partial charge is 0.489 e. The lowest BCUT2D eigenvalue weighted by Crippen LogP contribution is -2.37. The molecule has 0 unspecified atom stereocenters. The molecular formula is C13H17N3O3. The number of benzene rings is 1. The van der Waals surface area contributed by atoms with Crippen LogP contribution in [0.25, 0.3) is 0 Å². The lowest BCUT2D eigenvalue weighted by Gasteiger charge is -2.23. The fraction of sp³-hybridized carbons (Fsp3) is 0.385. The van der Waals surface area contributed by atoms with E-state index in [1.54, 1.807) is 19.2 Å². The molecule has 0 saturated carbocycles. The van der Waals surface area contributed by atoms with Crippen LogP contribution in [0.3, 0.4) is 0 Å². The van der Waals surface area contributed by atoms with E-state index in [0.29, 0.717) is 17.9 Å². The second kappa shape index (κ2) is 5.60. The molecule has 1 aliphatic heterocycles. The van der Waals surface area contributed by atoms with Gasteiger partial charge in [-0.2, -0.15) is 0 Å². The van der Waals surface area contributed by atoms with Crippen molar-refractivity contribution >= 4 is 17.5 Å². The van der Waals surface area contributed by atoms with Gasteiger partial charge < -0.3 is 20.3 Å². The first-order valence-electron chi connectivity index (χ1n) is 6.09. The Hall–Kier alpha value is -2.24. The van der Waals surface area contributed by atoms with Crippen LogP contribution in [-0.2, 0) is 4.79 Å². The zero-order valence-corrected chi connectivity index (χ0v) is 11.0. The first-order chi connectivity index (χ1) is 9.13. The van der Waals surface area contributed by atoms with Crippen molar-refractivity contribution in [2.45, 2.75) is 0 Å². The van der Waals surface area contributed by atoms with Crippen LogP contribution in [0.15, 0.2) is 18.2 Å². The van der Waals surface area contributed by atoms with Crippen molar-refractivity contribution in [2.75, 3.05) is 39.1 Å². The summed E-state index contributed by atoms with van der Waals surface area (Å²) in [5, 5.41) is 5.66. The molecule has 2 rings (SSSR count). The Morgan fingerprint density at radius 2 is 2.26 bits per heavy atom. The van der Waals surface area contributed by atoms with E-state index in [2.05, 4.69) is 10.6 Å². The molecule has 0 bridgehead atoms. The first kappa shape index (κ1) is 13.2. The monoisotopic (exact) mass is 263 g/mol. The quantitative estimate of drug-likeness (QED) is 0.823. The van der Waals surface area contributed by atoms with E-state index in [1.165, 1.54) is 11.9 Å². The average Bonchev–Trinajstić information content (AvgIpc) is 2.45. The summed E-state index contributed by atoms with van der Waals surface area (Å²) in [5.74, 6) is 0.117. The normalized spacial score (nSPS) is 12.7. The van der Waals surface area contributed by atoms with Crippen LogP contribution < -0.4 is 15.4 Å². The molecule has 1 aliphatic rings. The number of carbonyl (C=O) groups excluding carboxylic acids is 2. The van der Waals surface area contributed by atoms with E-state index in [4.69, 9.17) is 4.74 Å². The molecule has 1 aromatic carbocycles. The zero-order valence-electron chi connectivity index (χ0n) is 11.0. The predicted molar refractivity (Wildman–Crippen MR) is 71.5 cm³/mol. The number of hydrogen-bond acceptors (Lipinski definition) is 4. The Morgan fingerprint density at radius 1 is 1.47 bits per heavy atom. The molecule has 2 amide bonds. The predicted octanol–water partition coefficient (Wildman–Crippen LogP) is 0.309. The minimum atomic E-state index is -0.232. The van der Waals surface area contributed by atoms with Crippen molar-refractivity contribution in [2.24, 2.45) is 0 Å². The summed E-state index contributed by atoms with van der Waals surface area (Å²) >= 11 is 0. The van der Waals surface area contributed by atoms with E-state index in [0.717, 1.165) is 12.2 Å². The average molecular weight is 263 g/mol. The van der Waals surface area contributed by atoms with Crippen LogP contribution in [0, 0.1) is 0 Å². The zero-order chi connectivity index (χ0) is 13.8. The number of likely N-dealkylation sites (N-methyl/N-ethyl adjacent to an activating group) is 2. The van der Waals surface area contributed by atoms with E-state index < -0.39 is 0 Å². The molecule has 6 heteroatoms. The number of amides is 2. The van der Waals surface area contributed by atoms with Crippen LogP contribution in [0.2, 0.25) is 0 Å². The number of anilines is 1. The summed E-state index contributed by atoms with van der Waals surface area (Å²) in [6.45, 7) is 1.27. The van der Waals surface area contributed by atoms with Gasteiger partial charge in [-0.25, -0.2) is 0 Å². The summed E-state index contributed by atoms with van der Waals surface area (Å²) in [6, 6.07) is 5.36. The van der Waals surface area contributed by atoms with Crippen molar-refractivity contribution in [1.29, 1.82) is 0 Å². The molecule has 0 aliphatic carbocycles. The Balaban J connectivity index is 2.21. The topological polar surface area (TPSA) is 70.7 Å². The molecule has 0 radical (unpaired) electrons. The van der Waals surface area contributed by atoms with Gasteiger partial charge in [-0.3, -0.25) is 9.59 Å². The molecule has 1 heterocycles. The van der Waals surface area contributed by atoms with Crippen LogP contribution in [0.1, 0.15) is 10.4 Å². The van der Waals surface area contributed by atoms with Gasteiger partial charge in [0.25, 0.3) is 5.91 Å². The van der Waals surface area contributed by atoms with Gasteiger partial charge in [0.1, 0.15) is 6.61 Å². The molecule has 19 heavy (non-hydrogen) atoms. The van der Waals surface area contributed by atoms with Crippen molar-refractivity contribution < 1.29 is 14.3 Å². The minimum Gasteiger partial charge on any atom is -0.489 e. The van der Waals surface area contributed by atoms with Crippen LogP contribution in [-0.4, -0.2) is 50.5 Å². The van der Waals surface area contributed by atoms with Gasteiger partial charge in [0.05, 0.1) is 17.8 Å². The highest BCUT2D eigenvalue weighted by atomic mass is 16.5. The number of nitrogens with zero attached hydrogens (tertiary/aromatic N) is 1. The molecule has 6 nitrogen and oxygen atoms in total. The van der Waals surface area contributed by atoms with Crippen molar-refractivity contribution in [3.63, 3.8) is 0 Å². The summed E-state index contributed by atoms with van der Waals surface area (Å²) in [5.41, 5.74) is 1.28. The minimum absolute atomic E-state index is 0.0203. The van der Waals surface area contributed by atoms with Gasteiger partial charge in [-0.05, 0) is 12.1 Å². The molecule has 1 aromatic rings. The van der Waals surface area contributed by atoms with Crippen molar-refractivity contribution in [1.82, 2.24) is 10.2 Å². The fourth-order valence-corrected chi connectivity index (χ4v) is 1.91. The molecule has 0 fully saturated rings. The van der Waals surface area contributed by atoms with Crippen molar-refractivity contribution in [3.05, 3.63) is 23.8 Å². The van der Waals surface area contributed by atoms with Gasteiger partial charge in [-0.15, -0.1) is 0 Å². The highest BCUT2D eigenvalue weighted by Crippen LogP contribution is 2.31. The highest BCUT2D eigenvalue weighted by molar-refractivity contribution is 6.00. The van der Waals surface area contributed by atoms with Gasteiger partial charge in [-0.1, -0.05) is 6.07 Å². The number of fused-ring (bicyclic) bond motifs is 1. The SMILES string of the molecule is CNC(=O)CN(C)C(=O)c1cccc2c1OCCN2. The summed E-state index contributed by atoms with van der Waals surface area (Å²) in [4.78, 5) is 25.0. The summed E-state index contributed by atoms with van der Waals surface area (Å²) < 4.78 is 5.55. The smallest absolute Gasteiger partial charge is 0.257 e. The van der Waals surface area contributed by atoms with Crippen molar-refractivity contribution in [3.8, 4) is 5.75 Å². The maximum atomic E-state index is 12.3. The number of para-hydroxylation sites is 1. The third-order valence-electron chi connectivity index (χ3n) is 2.92. The standard InChI is InChI=1S/C13H17N3O3/c1-14-11(17)8-16(2)13(18)9-4-3-5-10-12(9)19-7-6-15-10/h3-5,15H,6-8H2,1-2H3,(H,14,17). The number of nitrogens with one attached hydrogen (secondary N) is 2. The third-order valence-corrected chi connectivity index (χ3v) is 2.92. The first-order valence-corrected chi connectivity index (χ1v) is 6.09. The van der Waals surface area contributed by atoms with Crippen LogP contribution in [0.4, 0.5) is 5.69 Å². The van der Waals surface area contributed by atoms with E-state index >= 15 is 0 Å². The maximum absolute atomic E-state index is 12.3. The fourth-order valence-electron chi connectivity index (χ4n) is 1.91. The summed E-state index contributed by atoms with van der Waals surface area (Å²) in [7, 11) is 3.13. The number of hydrogen-bond donors (Lipinski definition) is 2. The number of rotatable bonds is 3. The lowest BCUT2D eigenvalue weighted by atomic mass is 10.1. The second-order valence-corrected chi connectivity index (χ2v) is 4.29. The van der Waals surface area contributed by atoms with Crippen LogP contribution in [0.5, 0.6) is 5.75 Å². The Morgan fingerprint density at radius 3 is 3.00 bits per heavy atom. The highest BCUT2D eigenvalue weighted by Gasteiger charge is 2.22. The molecule has 2 N–H and O–H groups in total. The molecule has 102 valence electrons. The number of carbonyl (C=O) groups is 2. The Bertz CT molecular complexity index is 502. The molecule has 0 saturated heterocycles. The van der Waals surface area contributed by atoms with E-state index in [1.807, 2.05) is 6.07 Å². The van der Waals surface area contributed by atoms with Gasteiger partial charge >= 0.3 is 0 Å². The molecule has 0 spiro atoms. The van der Waals surface area contributed by atoms with E-state index in [-0.39, 0.29) is 18.4 Å². The maximum Gasteiger partial charge on any atom is 0.257 e. The lowest BCUT2D eigenvalue weighted by molar-refractivity contribution is -0.121. The third kappa shape index (κ3) is 2.78. The second-order valence-electron chi connectivity index (χ2n) is 4.29. The number of ether oxygens (including phenoxy) is 1. The van der Waals surface area contributed by atoms with Gasteiger partial charge in [0, 0.05) is 20.6 Å². The Kier molecular flexibility index (Phi) is 3.89. The molecular weight excluding hydrogens is 246 g/mol.